The molecule has 1 N–H and O–H groups in total. The van der Waals surface area contributed by atoms with E-state index in [2.05, 4.69) is 15.9 Å². The summed E-state index contributed by atoms with van der Waals surface area (Å²) in [6.07, 6.45) is 2.65. The molecule has 0 aliphatic rings. The van der Waals surface area contributed by atoms with Crippen molar-refractivity contribution in [2.75, 3.05) is 7.11 Å². The van der Waals surface area contributed by atoms with Crippen LogP contribution in [0.15, 0.2) is 22.7 Å². The van der Waals surface area contributed by atoms with Crippen LogP contribution in [0.25, 0.3) is 6.08 Å². The minimum absolute atomic E-state index is 0.686. The van der Waals surface area contributed by atoms with Crippen LogP contribution in [0.5, 0.6) is 5.75 Å². The Morgan fingerprint density at radius 3 is 2.73 bits per heavy atom. The number of benzene rings is 1. The smallest absolute Gasteiger partial charge is 0.328 e. The molecular weight excluding hydrogens is 260 g/mol. The van der Waals surface area contributed by atoms with Crippen LogP contribution in [0, 0.1) is 6.92 Å². The first-order valence-electron chi connectivity index (χ1n) is 4.30. The summed E-state index contributed by atoms with van der Waals surface area (Å²) in [5.41, 5.74) is 1.80. The number of ether oxygens (including phenoxy) is 1. The molecular formula is C11H11BrO3. The molecule has 3 nitrogen and oxygen atoms in total. The van der Waals surface area contributed by atoms with E-state index in [1.54, 1.807) is 13.2 Å². The maximum absolute atomic E-state index is 10.4. The molecule has 80 valence electrons. The molecule has 0 unspecified atom stereocenters. The van der Waals surface area contributed by atoms with Gasteiger partial charge in [-0.15, -0.1) is 0 Å². The van der Waals surface area contributed by atoms with Gasteiger partial charge in [0.2, 0.25) is 0 Å². The third kappa shape index (κ3) is 2.83. The second-order valence-corrected chi connectivity index (χ2v) is 3.78. The van der Waals surface area contributed by atoms with Crippen LogP contribution in [-0.2, 0) is 4.79 Å². The average Bonchev–Trinajstić information content (AvgIpc) is 2.17. The molecule has 0 aromatic heterocycles. The summed E-state index contributed by atoms with van der Waals surface area (Å²) in [4.78, 5) is 10.4. The number of carbonyl (C=O) groups is 1. The molecule has 1 aromatic carbocycles. The summed E-state index contributed by atoms with van der Waals surface area (Å²) >= 11 is 3.37. The van der Waals surface area contributed by atoms with Gasteiger partial charge in [-0.05, 0) is 46.1 Å². The Morgan fingerprint density at radius 1 is 1.53 bits per heavy atom. The molecule has 1 rings (SSSR count). The molecule has 1 aromatic rings. The van der Waals surface area contributed by atoms with E-state index in [4.69, 9.17) is 9.84 Å². The highest BCUT2D eigenvalue weighted by Crippen LogP contribution is 2.31. The second kappa shape index (κ2) is 4.98. The molecule has 0 saturated heterocycles. The van der Waals surface area contributed by atoms with Crippen molar-refractivity contribution in [2.24, 2.45) is 0 Å². The molecule has 15 heavy (non-hydrogen) atoms. The van der Waals surface area contributed by atoms with Crippen molar-refractivity contribution in [3.63, 3.8) is 0 Å². The lowest BCUT2D eigenvalue weighted by atomic mass is 10.1. The van der Waals surface area contributed by atoms with Crippen LogP contribution < -0.4 is 4.74 Å². The molecule has 0 radical (unpaired) electrons. The maximum Gasteiger partial charge on any atom is 0.328 e. The second-order valence-electron chi connectivity index (χ2n) is 2.98. The van der Waals surface area contributed by atoms with Gasteiger partial charge in [0, 0.05) is 6.08 Å². The van der Waals surface area contributed by atoms with Crippen molar-refractivity contribution < 1.29 is 14.6 Å². The van der Waals surface area contributed by atoms with Gasteiger partial charge in [0.05, 0.1) is 11.6 Å². The predicted molar refractivity (Wildman–Crippen MR) is 62.1 cm³/mol. The van der Waals surface area contributed by atoms with Crippen LogP contribution in [0.2, 0.25) is 0 Å². The van der Waals surface area contributed by atoms with Gasteiger partial charge in [-0.3, -0.25) is 0 Å². The summed E-state index contributed by atoms with van der Waals surface area (Å²) < 4.78 is 5.89. The van der Waals surface area contributed by atoms with E-state index in [0.717, 1.165) is 21.7 Å². The highest BCUT2D eigenvalue weighted by atomic mass is 79.9. The van der Waals surface area contributed by atoms with Crippen molar-refractivity contribution in [3.05, 3.63) is 33.8 Å². The zero-order chi connectivity index (χ0) is 11.4. The van der Waals surface area contributed by atoms with E-state index in [9.17, 15) is 4.79 Å². The van der Waals surface area contributed by atoms with Crippen LogP contribution in [0.3, 0.4) is 0 Å². The van der Waals surface area contributed by atoms with Crippen molar-refractivity contribution in [1.82, 2.24) is 0 Å². The minimum Gasteiger partial charge on any atom is -0.496 e. The number of carboxylic acids is 1. The van der Waals surface area contributed by atoms with Gasteiger partial charge >= 0.3 is 5.97 Å². The lowest BCUT2D eigenvalue weighted by Crippen LogP contribution is -1.91. The first kappa shape index (κ1) is 11.8. The van der Waals surface area contributed by atoms with Gasteiger partial charge in [0.1, 0.15) is 5.75 Å². The van der Waals surface area contributed by atoms with E-state index < -0.39 is 5.97 Å². The van der Waals surface area contributed by atoms with Crippen LogP contribution in [0.1, 0.15) is 11.1 Å². The molecule has 0 spiro atoms. The van der Waals surface area contributed by atoms with Gasteiger partial charge in [0.25, 0.3) is 0 Å². The van der Waals surface area contributed by atoms with Crippen molar-refractivity contribution >= 4 is 28.0 Å². The van der Waals surface area contributed by atoms with Crippen molar-refractivity contribution in [1.29, 1.82) is 0 Å². The van der Waals surface area contributed by atoms with E-state index in [1.807, 2.05) is 19.1 Å². The number of hydrogen-bond donors (Lipinski definition) is 1. The fraction of sp³-hybridized carbons (Fsp3) is 0.182. The quantitative estimate of drug-likeness (QED) is 0.860. The van der Waals surface area contributed by atoms with Gasteiger partial charge in [-0.25, -0.2) is 4.79 Å². The van der Waals surface area contributed by atoms with Gasteiger partial charge in [-0.2, -0.15) is 0 Å². The zero-order valence-corrected chi connectivity index (χ0v) is 10.0. The normalized spacial score (nSPS) is 10.6. The zero-order valence-electron chi connectivity index (χ0n) is 8.45. The molecule has 0 heterocycles. The fourth-order valence-corrected chi connectivity index (χ4v) is 1.93. The van der Waals surface area contributed by atoms with Gasteiger partial charge < -0.3 is 9.84 Å². The first-order valence-corrected chi connectivity index (χ1v) is 5.09. The molecule has 0 aliphatic carbocycles. The first-order chi connectivity index (χ1) is 7.06. The molecule has 0 saturated carbocycles. The van der Waals surface area contributed by atoms with E-state index in [0.29, 0.717) is 5.75 Å². The Hall–Kier alpha value is -1.29. The Morgan fingerprint density at radius 2 is 2.20 bits per heavy atom. The van der Waals surface area contributed by atoms with Crippen LogP contribution in [0.4, 0.5) is 0 Å². The number of aliphatic carboxylic acids is 1. The third-order valence-electron chi connectivity index (χ3n) is 1.97. The van der Waals surface area contributed by atoms with Crippen molar-refractivity contribution in [2.45, 2.75) is 6.92 Å². The van der Waals surface area contributed by atoms with Crippen LogP contribution in [-0.4, -0.2) is 18.2 Å². The maximum atomic E-state index is 10.4. The average molecular weight is 271 g/mol. The van der Waals surface area contributed by atoms with Crippen molar-refractivity contribution in [3.8, 4) is 5.75 Å². The molecule has 4 heteroatoms. The largest absolute Gasteiger partial charge is 0.496 e. The highest BCUT2D eigenvalue weighted by Gasteiger charge is 2.06. The third-order valence-corrected chi connectivity index (χ3v) is 2.79. The Labute approximate surface area is 96.5 Å². The van der Waals surface area contributed by atoms with E-state index >= 15 is 0 Å². The monoisotopic (exact) mass is 270 g/mol. The summed E-state index contributed by atoms with van der Waals surface area (Å²) in [5.74, 6) is -0.283. The highest BCUT2D eigenvalue weighted by molar-refractivity contribution is 9.10. The molecule has 0 fully saturated rings. The fourth-order valence-electron chi connectivity index (χ4n) is 1.19. The number of halogens is 1. The number of methoxy groups -OCH3 is 1. The molecule has 0 atom stereocenters. The summed E-state index contributed by atoms with van der Waals surface area (Å²) in [7, 11) is 1.57. The Bertz CT molecular complexity index is 411. The Balaban J connectivity index is 3.21. The standard InChI is InChI=1S/C11H11BrO3/c1-7-3-5-9(15-2)11(12)8(7)4-6-10(13)14/h3-6H,1-2H3,(H,13,14)/b6-4+. The minimum atomic E-state index is -0.968. The number of carboxylic acid groups (broad SMARTS) is 1. The SMILES string of the molecule is COc1ccc(C)c(/C=C/C(=O)O)c1Br. The molecule has 0 amide bonds. The molecule has 0 bridgehead atoms. The summed E-state index contributed by atoms with van der Waals surface area (Å²) in [6, 6.07) is 3.71. The van der Waals surface area contributed by atoms with Gasteiger partial charge in [0.15, 0.2) is 0 Å². The predicted octanol–water partition coefficient (Wildman–Crippen LogP) is 2.86. The number of hydrogen-bond acceptors (Lipinski definition) is 2. The molecule has 0 aliphatic heterocycles. The number of aryl methyl sites for hydroxylation is 1. The van der Waals surface area contributed by atoms with Crippen LogP contribution >= 0.6 is 15.9 Å². The van der Waals surface area contributed by atoms with Gasteiger partial charge in [-0.1, -0.05) is 6.07 Å². The number of rotatable bonds is 3. The lowest BCUT2D eigenvalue weighted by molar-refractivity contribution is -0.131. The summed E-state index contributed by atoms with van der Waals surface area (Å²) in [5, 5.41) is 8.55. The van der Waals surface area contributed by atoms with E-state index in [-0.39, 0.29) is 0 Å². The van der Waals surface area contributed by atoms with E-state index in [1.165, 1.54) is 0 Å². The lowest BCUT2D eigenvalue weighted by Gasteiger charge is -2.08. The Kier molecular flexibility index (Phi) is 3.91. The summed E-state index contributed by atoms with van der Waals surface area (Å²) in [6.45, 7) is 1.91. The topological polar surface area (TPSA) is 46.5 Å².